The molecule has 0 aliphatic carbocycles. The first-order valence-corrected chi connectivity index (χ1v) is 5.13. The Kier molecular flexibility index (Phi) is 2.72. The molecule has 0 atom stereocenters. The predicted molar refractivity (Wildman–Crippen MR) is 64.4 cm³/mol. The number of nitro groups is 1. The largest absolute Gasteiger partial charge is 0.382 e. The molecule has 2 aromatic rings. The molecule has 1 heterocycles. The van der Waals surface area contributed by atoms with Gasteiger partial charge in [0.05, 0.1) is 10.6 Å². The van der Waals surface area contributed by atoms with Crippen LogP contribution in [0.25, 0.3) is 5.69 Å². The number of nitrogens with two attached hydrogens (primary N) is 1. The third-order valence-corrected chi connectivity index (χ3v) is 2.63. The molecule has 0 aliphatic heterocycles. The molecule has 0 bridgehead atoms. The lowest BCUT2D eigenvalue weighted by molar-refractivity contribution is -0.384. The lowest BCUT2D eigenvalue weighted by atomic mass is 10.3. The van der Waals surface area contributed by atoms with Gasteiger partial charge in [-0.25, -0.2) is 4.68 Å². The van der Waals surface area contributed by atoms with E-state index in [0.29, 0.717) is 11.5 Å². The van der Waals surface area contributed by atoms with Crippen LogP contribution in [-0.4, -0.2) is 14.7 Å². The van der Waals surface area contributed by atoms with E-state index < -0.39 is 4.92 Å². The summed E-state index contributed by atoms with van der Waals surface area (Å²) in [6.45, 7) is 1.83. The van der Waals surface area contributed by atoms with Crippen LogP contribution < -0.4 is 5.73 Å². The van der Waals surface area contributed by atoms with Gasteiger partial charge in [0.15, 0.2) is 0 Å². The van der Waals surface area contributed by atoms with Gasteiger partial charge in [0.25, 0.3) is 5.69 Å². The molecule has 0 unspecified atom stereocenters. The number of nitrogens with zero attached hydrogens (tertiary/aromatic N) is 3. The van der Waals surface area contributed by atoms with E-state index in [9.17, 15) is 10.1 Å². The summed E-state index contributed by atoms with van der Waals surface area (Å²) in [5.74, 6) is 0.416. The highest BCUT2D eigenvalue weighted by Gasteiger charge is 2.13. The van der Waals surface area contributed by atoms with Gasteiger partial charge in [-0.2, -0.15) is 5.10 Å². The molecule has 88 valence electrons. The number of benzene rings is 1. The molecule has 17 heavy (non-hydrogen) atoms. The highest BCUT2D eigenvalue weighted by Crippen LogP contribution is 2.26. The summed E-state index contributed by atoms with van der Waals surface area (Å²) in [4.78, 5) is 10.1. The summed E-state index contributed by atoms with van der Waals surface area (Å²) < 4.78 is 1.53. The molecule has 7 heteroatoms. The van der Waals surface area contributed by atoms with Crippen molar-refractivity contribution in [2.24, 2.45) is 0 Å². The summed E-state index contributed by atoms with van der Waals surface area (Å²) in [6.07, 6.45) is 1.73. The first-order valence-electron chi connectivity index (χ1n) is 4.75. The van der Waals surface area contributed by atoms with Crippen LogP contribution in [0, 0.1) is 17.0 Å². The lowest BCUT2D eigenvalue weighted by Crippen LogP contribution is -1.97. The maximum absolute atomic E-state index is 10.6. The Morgan fingerprint density at radius 2 is 2.24 bits per heavy atom. The summed E-state index contributed by atoms with van der Waals surface area (Å²) in [5, 5.41) is 14.7. The molecule has 0 radical (unpaired) electrons. The number of nitrogen functional groups attached to an aromatic ring is 1. The van der Waals surface area contributed by atoms with Crippen molar-refractivity contribution in [1.82, 2.24) is 9.78 Å². The second-order valence-electron chi connectivity index (χ2n) is 3.53. The number of aryl methyl sites for hydroxylation is 1. The van der Waals surface area contributed by atoms with Gasteiger partial charge in [-0.1, -0.05) is 11.6 Å². The SMILES string of the molecule is Cc1cn(-c2ccc([N+](=O)[O-])c(Cl)c2)nc1N. The normalized spacial score (nSPS) is 10.5. The van der Waals surface area contributed by atoms with E-state index in [4.69, 9.17) is 17.3 Å². The monoisotopic (exact) mass is 252 g/mol. The number of hydrogen-bond donors (Lipinski definition) is 1. The first kappa shape index (κ1) is 11.4. The van der Waals surface area contributed by atoms with Gasteiger partial charge in [0.1, 0.15) is 10.8 Å². The van der Waals surface area contributed by atoms with Crippen LogP contribution in [0.2, 0.25) is 5.02 Å². The number of hydrogen-bond acceptors (Lipinski definition) is 4. The number of aromatic nitrogens is 2. The molecule has 2 rings (SSSR count). The van der Waals surface area contributed by atoms with Gasteiger partial charge in [-0.15, -0.1) is 0 Å². The fraction of sp³-hybridized carbons (Fsp3) is 0.100. The fourth-order valence-corrected chi connectivity index (χ4v) is 1.64. The number of rotatable bonds is 2. The molecule has 0 saturated heterocycles. The van der Waals surface area contributed by atoms with Crippen LogP contribution in [0.5, 0.6) is 0 Å². The third kappa shape index (κ3) is 2.07. The van der Waals surface area contributed by atoms with E-state index >= 15 is 0 Å². The van der Waals surface area contributed by atoms with Crippen molar-refractivity contribution in [1.29, 1.82) is 0 Å². The molecule has 1 aromatic heterocycles. The number of halogens is 1. The van der Waals surface area contributed by atoms with Crippen LogP contribution in [0.4, 0.5) is 11.5 Å². The van der Waals surface area contributed by atoms with Crippen LogP contribution >= 0.6 is 11.6 Å². The Bertz CT molecular complexity index is 574. The lowest BCUT2D eigenvalue weighted by Gasteiger charge is -2.01. The second kappa shape index (κ2) is 4.06. The highest BCUT2D eigenvalue weighted by atomic mass is 35.5. The Morgan fingerprint density at radius 3 is 2.71 bits per heavy atom. The molecule has 2 N–H and O–H groups in total. The molecular formula is C10H9ClN4O2. The van der Waals surface area contributed by atoms with Crippen molar-refractivity contribution in [3.8, 4) is 5.69 Å². The van der Waals surface area contributed by atoms with Crippen molar-refractivity contribution in [2.75, 3.05) is 5.73 Å². The average Bonchev–Trinajstić information content (AvgIpc) is 2.58. The van der Waals surface area contributed by atoms with E-state index in [1.807, 2.05) is 6.92 Å². The van der Waals surface area contributed by atoms with E-state index in [1.54, 1.807) is 12.3 Å². The van der Waals surface area contributed by atoms with Crippen molar-refractivity contribution >= 4 is 23.1 Å². The molecule has 6 nitrogen and oxygen atoms in total. The predicted octanol–water partition coefficient (Wildman–Crippen LogP) is 2.32. The zero-order valence-corrected chi connectivity index (χ0v) is 9.68. The molecule has 0 aliphatic rings. The van der Waals surface area contributed by atoms with Gasteiger partial charge >= 0.3 is 0 Å². The summed E-state index contributed by atoms with van der Waals surface area (Å²) in [6, 6.07) is 4.38. The third-order valence-electron chi connectivity index (χ3n) is 2.33. The van der Waals surface area contributed by atoms with Gasteiger partial charge < -0.3 is 5.73 Å². The molecule has 0 spiro atoms. The van der Waals surface area contributed by atoms with Crippen molar-refractivity contribution in [3.63, 3.8) is 0 Å². The van der Waals surface area contributed by atoms with Crippen LogP contribution in [0.3, 0.4) is 0 Å². The Hall–Kier alpha value is -2.08. The van der Waals surface area contributed by atoms with E-state index in [-0.39, 0.29) is 10.7 Å². The summed E-state index contributed by atoms with van der Waals surface area (Å²) in [7, 11) is 0. The quantitative estimate of drug-likeness (QED) is 0.656. The maximum Gasteiger partial charge on any atom is 0.288 e. The van der Waals surface area contributed by atoms with E-state index in [2.05, 4.69) is 5.10 Å². The smallest absolute Gasteiger partial charge is 0.288 e. The molecular weight excluding hydrogens is 244 g/mol. The minimum absolute atomic E-state index is 0.0687. The van der Waals surface area contributed by atoms with Gasteiger partial charge in [-0.05, 0) is 19.1 Å². The maximum atomic E-state index is 10.6. The highest BCUT2D eigenvalue weighted by molar-refractivity contribution is 6.32. The van der Waals surface area contributed by atoms with Gasteiger partial charge in [-0.3, -0.25) is 10.1 Å². The fourth-order valence-electron chi connectivity index (χ4n) is 1.39. The zero-order chi connectivity index (χ0) is 12.6. The van der Waals surface area contributed by atoms with Gasteiger partial charge in [0.2, 0.25) is 0 Å². The van der Waals surface area contributed by atoms with Crippen LogP contribution in [0.15, 0.2) is 24.4 Å². The Morgan fingerprint density at radius 1 is 1.53 bits per heavy atom. The molecule has 0 fully saturated rings. The van der Waals surface area contributed by atoms with E-state index in [0.717, 1.165) is 5.56 Å². The minimum Gasteiger partial charge on any atom is -0.382 e. The van der Waals surface area contributed by atoms with Gasteiger partial charge in [0, 0.05) is 17.8 Å². The molecule has 0 saturated carbocycles. The van der Waals surface area contributed by atoms with Crippen molar-refractivity contribution in [3.05, 3.63) is 45.1 Å². The number of nitro benzene ring substituents is 1. The topological polar surface area (TPSA) is 87.0 Å². The van der Waals surface area contributed by atoms with Crippen molar-refractivity contribution < 1.29 is 4.92 Å². The summed E-state index contributed by atoms with van der Waals surface area (Å²) in [5.41, 5.74) is 6.95. The van der Waals surface area contributed by atoms with Crippen molar-refractivity contribution in [2.45, 2.75) is 6.92 Å². The first-order chi connectivity index (χ1) is 7.99. The standard InChI is InChI=1S/C10H9ClN4O2/c1-6-5-14(13-10(6)12)7-2-3-9(15(16)17)8(11)4-7/h2-5H,1H3,(H2,12,13). The number of anilines is 1. The second-order valence-corrected chi connectivity index (χ2v) is 3.94. The van der Waals surface area contributed by atoms with E-state index in [1.165, 1.54) is 16.8 Å². The zero-order valence-electron chi connectivity index (χ0n) is 8.92. The Labute approximate surface area is 102 Å². The Balaban J connectivity index is 2.47. The van der Waals surface area contributed by atoms with Crippen LogP contribution in [-0.2, 0) is 0 Å². The molecule has 0 amide bonds. The van der Waals surface area contributed by atoms with Crippen LogP contribution in [0.1, 0.15) is 5.56 Å². The average molecular weight is 253 g/mol. The summed E-state index contributed by atoms with van der Waals surface area (Å²) >= 11 is 5.81. The molecule has 1 aromatic carbocycles. The minimum atomic E-state index is -0.533.